The molecule has 0 saturated heterocycles. The topological polar surface area (TPSA) is 45.7 Å². The van der Waals surface area contributed by atoms with E-state index >= 15 is 0 Å². The Hall–Kier alpha value is -1.12. The molecule has 1 unspecified atom stereocenters. The lowest BCUT2D eigenvalue weighted by molar-refractivity contribution is 0.134. The van der Waals surface area contributed by atoms with Crippen molar-refractivity contribution < 1.29 is 4.74 Å². The lowest BCUT2D eigenvalue weighted by Crippen LogP contribution is -2.39. The highest BCUT2D eigenvalue weighted by atomic mass is 127. The Balaban J connectivity index is 0.00000338. The zero-order chi connectivity index (χ0) is 17.9. The highest BCUT2D eigenvalue weighted by Gasteiger charge is 2.07. The van der Waals surface area contributed by atoms with Crippen molar-refractivity contribution in [3.8, 4) is 0 Å². The molecule has 0 bridgehead atoms. The van der Waals surface area contributed by atoms with Gasteiger partial charge in [-0.15, -0.1) is 35.3 Å². The van der Waals surface area contributed by atoms with Gasteiger partial charge in [0.1, 0.15) is 0 Å². The van der Waals surface area contributed by atoms with E-state index in [0.717, 1.165) is 25.7 Å². The largest absolute Gasteiger partial charge is 0.377 e. The number of nitrogens with one attached hydrogen (secondary N) is 2. The summed E-state index contributed by atoms with van der Waals surface area (Å²) in [5.74, 6) is 1.34. The van der Waals surface area contributed by atoms with Gasteiger partial charge in [-0.3, -0.25) is 0 Å². The van der Waals surface area contributed by atoms with Crippen molar-refractivity contribution in [3.63, 3.8) is 0 Å². The number of ether oxygens (including phenoxy) is 1. The average Bonchev–Trinajstić information content (AvgIpc) is 3.17. The number of hydrogen-bond acceptors (Lipinski definition) is 3. The van der Waals surface area contributed by atoms with Gasteiger partial charge in [0.15, 0.2) is 5.96 Å². The molecule has 0 radical (unpaired) electrons. The number of halogens is 1. The molecular weight excluding hydrogens is 457 g/mol. The Morgan fingerprint density at radius 1 is 1.12 bits per heavy atom. The van der Waals surface area contributed by atoms with Gasteiger partial charge in [-0.05, 0) is 36.4 Å². The predicted molar refractivity (Wildman–Crippen MR) is 123 cm³/mol. The van der Waals surface area contributed by atoms with E-state index in [2.05, 4.69) is 66.3 Å². The standard InChI is InChI=1S/C20H29N3OS.HI/c1-4-21-20(22-13-16(3)19-7-6-12-25-19)23-14-17-8-10-18(11-9-17)15-24-5-2;/h6-12,16H,4-5,13-15H2,1-3H3,(H2,21,22,23);1H. The second-order valence-corrected chi connectivity index (χ2v) is 6.93. The first kappa shape index (κ1) is 22.9. The van der Waals surface area contributed by atoms with Gasteiger partial charge in [-0.25, -0.2) is 4.99 Å². The number of rotatable bonds is 9. The van der Waals surface area contributed by atoms with Crippen LogP contribution in [0.3, 0.4) is 0 Å². The number of benzene rings is 1. The molecule has 0 spiro atoms. The first-order valence-electron chi connectivity index (χ1n) is 8.94. The Morgan fingerprint density at radius 2 is 1.85 bits per heavy atom. The van der Waals surface area contributed by atoms with E-state index in [-0.39, 0.29) is 24.0 Å². The van der Waals surface area contributed by atoms with Gasteiger partial charge in [0.05, 0.1) is 13.2 Å². The van der Waals surface area contributed by atoms with Crippen LogP contribution in [-0.4, -0.2) is 25.7 Å². The molecule has 0 amide bonds. The van der Waals surface area contributed by atoms with Gasteiger partial charge >= 0.3 is 0 Å². The molecule has 1 heterocycles. The number of nitrogens with zero attached hydrogens (tertiary/aromatic N) is 1. The number of thiophene rings is 1. The minimum absolute atomic E-state index is 0. The van der Waals surface area contributed by atoms with Crippen LogP contribution in [-0.2, 0) is 17.9 Å². The van der Waals surface area contributed by atoms with E-state index in [1.165, 1.54) is 16.0 Å². The average molecular weight is 487 g/mol. The van der Waals surface area contributed by atoms with E-state index < -0.39 is 0 Å². The fraction of sp³-hybridized carbons (Fsp3) is 0.450. The quantitative estimate of drug-likeness (QED) is 0.305. The molecule has 6 heteroatoms. The van der Waals surface area contributed by atoms with E-state index in [0.29, 0.717) is 19.1 Å². The molecule has 0 aliphatic carbocycles. The van der Waals surface area contributed by atoms with Crippen molar-refractivity contribution in [1.82, 2.24) is 10.6 Å². The lowest BCUT2D eigenvalue weighted by Gasteiger charge is -2.15. The molecule has 0 aliphatic heterocycles. The van der Waals surface area contributed by atoms with Crippen LogP contribution >= 0.6 is 35.3 Å². The molecule has 26 heavy (non-hydrogen) atoms. The van der Waals surface area contributed by atoms with Crippen molar-refractivity contribution in [3.05, 3.63) is 57.8 Å². The van der Waals surface area contributed by atoms with Crippen LogP contribution in [0.25, 0.3) is 0 Å². The summed E-state index contributed by atoms with van der Waals surface area (Å²) in [6.07, 6.45) is 0. The molecule has 144 valence electrons. The Kier molecular flexibility index (Phi) is 11.6. The molecular formula is C20H30IN3OS. The maximum absolute atomic E-state index is 5.43. The first-order chi connectivity index (χ1) is 12.2. The molecule has 2 rings (SSSR count). The fourth-order valence-electron chi connectivity index (χ4n) is 2.39. The van der Waals surface area contributed by atoms with Crippen molar-refractivity contribution in [2.75, 3.05) is 19.7 Å². The molecule has 1 aromatic heterocycles. The van der Waals surface area contributed by atoms with Crippen LogP contribution in [0.2, 0.25) is 0 Å². The SMILES string of the molecule is CCNC(=NCc1ccc(COCC)cc1)NCC(C)c1cccs1.I. The normalized spacial score (nSPS) is 12.3. The molecule has 2 aromatic rings. The Morgan fingerprint density at radius 3 is 2.46 bits per heavy atom. The number of hydrogen-bond donors (Lipinski definition) is 2. The maximum Gasteiger partial charge on any atom is 0.191 e. The Labute approximate surface area is 178 Å². The lowest BCUT2D eigenvalue weighted by atomic mass is 10.1. The summed E-state index contributed by atoms with van der Waals surface area (Å²) >= 11 is 1.80. The van der Waals surface area contributed by atoms with Crippen molar-refractivity contribution in [2.45, 2.75) is 39.8 Å². The molecule has 2 N–H and O–H groups in total. The van der Waals surface area contributed by atoms with Crippen LogP contribution in [0.1, 0.15) is 42.7 Å². The summed E-state index contributed by atoms with van der Waals surface area (Å²) in [6, 6.07) is 12.8. The van der Waals surface area contributed by atoms with Crippen molar-refractivity contribution in [2.24, 2.45) is 4.99 Å². The zero-order valence-electron chi connectivity index (χ0n) is 15.8. The van der Waals surface area contributed by atoms with Crippen LogP contribution < -0.4 is 10.6 Å². The Bertz CT molecular complexity index is 629. The third-order valence-electron chi connectivity index (χ3n) is 3.86. The minimum Gasteiger partial charge on any atom is -0.377 e. The van der Waals surface area contributed by atoms with E-state index in [1.807, 2.05) is 6.92 Å². The highest BCUT2D eigenvalue weighted by Crippen LogP contribution is 2.19. The minimum atomic E-state index is 0. The second kappa shape index (κ2) is 13.1. The number of guanidine groups is 1. The first-order valence-corrected chi connectivity index (χ1v) is 9.82. The van der Waals surface area contributed by atoms with Crippen molar-refractivity contribution in [1.29, 1.82) is 0 Å². The highest BCUT2D eigenvalue weighted by molar-refractivity contribution is 14.0. The van der Waals surface area contributed by atoms with Crippen LogP contribution in [0.15, 0.2) is 46.8 Å². The number of aliphatic imine (C=N–C) groups is 1. The fourth-order valence-corrected chi connectivity index (χ4v) is 3.18. The van der Waals surface area contributed by atoms with Gasteiger partial charge in [-0.2, -0.15) is 0 Å². The van der Waals surface area contributed by atoms with Gasteiger partial charge in [0, 0.05) is 30.5 Å². The molecule has 1 aromatic carbocycles. The van der Waals surface area contributed by atoms with E-state index in [1.54, 1.807) is 11.3 Å². The molecule has 0 saturated carbocycles. The molecule has 0 fully saturated rings. The molecule has 0 aliphatic rings. The van der Waals surface area contributed by atoms with E-state index in [4.69, 9.17) is 9.73 Å². The van der Waals surface area contributed by atoms with Gasteiger partial charge in [0.2, 0.25) is 0 Å². The van der Waals surface area contributed by atoms with E-state index in [9.17, 15) is 0 Å². The predicted octanol–water partition coefficient (Wildman–Crippen LogP) is 4.76. The summed E-state index contributed by atoms with van der Waals surface area (Å²) in [5.41, 5.74) is 2.40. The summed E-state index contributed by atoms with van der Waals surface area (Å²) < 4.78 is 5.43. The summed E-state index contributed by atoms with van der Waals surface area (Å²) in [6.45, 7) is 10.1. The molecule has 4 nitrogen and oxygen atoms in total. The second-order valence-electron chi connectivity index (χ2n) is 5.95. The third kappa shape index (κ3) is 8.05. The van der Waals surface area contributed by atoms with Gasteiger partial charge < -0.3 is 15.4 Å². The van der Waals surface area contributed by atoms with Gasteiger partial charge in [-0.1, -0.05) is 37.3 Å². The summed E-state index contributed by atoms with van der Waals surface area (Å²) in [5, 5.41) is 8.88. The van der Waals surface area contributed by atoms with Crippen molar-refractivity contribution >= 4 is 41.3 Å². The molecule has 1 atom stereocenters. The summed E-state index contributed by atoms with van der Waals surface area (Å²) in [4.78, 5) is 6.09. The maximum atomic E-state index is 5.43. The summed E-state index contributed by atoms with van der Waals surface area (Å²) in [7, 11) is 0. The van der Waals surface area contributed by atoms with Crippen LogP contribution in [0.4, 0.5) is 0 Å². The smallest absolute Gasteiger partial charge is 0.191 e. The van der Waals surface area contributed by atoms with Gasteiger partial charge in [0.25, 0.3) is 0 Å². The zero-order valence-corrected chi connectivity index (χ0v) is 19.0. The monoisotopic (exact) mass is 487 g/mol. The van der Waals surface area contributed by atoms with Crippen LogP contribution in [0.5, 0.6) is 0 Å². The van der Waals surface area contributed by atoms with Crippen LogP contribution in [0, 0.1) is 0 Å². The third-order valence-corrected chi connectivity index (χ3v) is 4.97.